The zero-order valence-corrected chi connectivity index (χ0v) is 21.0. The van der Waals surface area contributed by atoms with Gasteiger partial charge in [0.2, 0.25) is 0 Å². The first-order valence-electron chi connectivity index (χ1n) is 13.7. The first kappa shape index (κ1) is 23.0. The summed E-state index contributed by atoms with van der Waals surface area (Å²) in [6.45, 7) is 7.43. The molecule has 2 aliphatic carbocycles. The molecule has 0 bridgehead atoms. The largest absolute Gasteiger partial charge is 0.300 e. The molecule has 0 radical (unpaired) electrons. The van der Waals surface area contributed by atoms with Crippen LogP contribution in [0, 0.1) is 17.8 Å². The van der Waals surface area contributed by atoms with Gasteiger partial charge in [-0.3, -0.25) is 4.68 Å². The number of aromatic nitrogens is 4. The van der Waals surface area contributed by atoms with Crippen LogP contribution < -0.4 is 0 Å². The van der Waals surface area contributed by atoms with Crippen LogP contribution >= 0.6 is 0 Å². The highest BCUT2D eigenvalue weighted by atomic mass is 15.3. The minimum Gasteiger partial charge on any atom is -0.300 e. The summed E-state index contributed by atoms with van der Waals surface area (Å²) in [5.74, 6) is 3.70. The number of likely N-dealkylation sites (tertiary alicyclic amines) is 1. The van der Waals surface area contributed by atoms with Crippen molar-refractivity contribution in [1.29, 1.82) is 0 Å². The molecule has 1 saturated heterocycles. The van der Waals surface area contributed by atoms with Crippen molar-refractivity contribution in [2.24, 2.45) is 24.8 Å². The zero-order valence-electron chi connectivity index (χ0n) is 21.0. The molecule has 0 N–H and O–H groups in total. The lowest BCUT2D eigenvalue weighted by Gasteiger charge is -2.39. The maximum atomic E-state index is 5.06. The van der Waals surface area contributed by atoms with Crippen LogP contribution in [0.15, 0.2) is 18.5 Å². The Morgan fingerprint density at radius 2 is 1.70 bits per heavy atom. The molecule has 5 rings (SSSR count). The van der Waals surface area contributed by atoms with Crippen molar-refractivity contribution < 1.29 is 0 Å². The van der Waals surface area contributed by atoms with Crippen molar-refractivity contribution in [3.05, 3.63) is 30.0 Å². The molecule has 3 aliphatic rings. The zero-order chi connectivity index (χ0) is 22.8. The summed E-state index contributed by atoms with van der Waals surface area (Å²) >= 11 is 0. The summed E-state index contributed by atoms with van der Waals surface area (Å²) < 4.78 is 2.04. The van der Waals surface area contributed by atoms with E-state index in [1.54, 1.807) is 0 Å². The van der Waals surface area contributed by atoms with E-state index in [-0.39, 0.29) is 0 Å². The quantitative estimate of drug-likeness (QED) is 0.495. The van der Waals surface area contributed by atoms with Gasteiger partial charge in [-0.2, -0.15) is 5.10 Å². The fourth-order valence-electron chi connectivity index (χ4n) is 6.27. The molecular formula is C28H43N5. The van der Waals surface area contributed by atoms with Crippen molar-refractivity contribution >= 4 is 0 Å². The highest BCUT2D eigenvalue weighted by molar-refractivity contribution is 5.61. The van der Waals surface area contributed by atoms with E-state index in [9.17, 15) is 0 Å². The standard InChI is InChI=1S/C28H43N5/c1-20(17-22-9-11-24(12-10-22)33-15-5-4-6-16-33)21(2)28-29-14-13-26(31-28)25-19-30-32(3)27(25)18-23-7-8-23/h13-14,19-24H,4-12,15-18H2,1-3H3/t20-,21?,22?,24?/m1/s1. The third-order valence-corrected chi connectivity index (χ3v) is 8.88. The molecule has 3 heterocycles. The van der Waals surface area contributed by atoms with E-state index in [4.69, 9.17) is 9.97 Å². The summed E-state index contributed by atoms with van der Waals surface area (Å²) in [5.41, 5.74) is 3.57. The number of hydrogen-bond acceptors (Lipinski definition) is 4. The predicted octanol–water partition coefficient (Wildman–Crippen LogP) is 6.00. The van der Waals surface area contributed by atoms with Crippen LogP contribution in [0.2, 0.25) is 0 Å². The van der Waals surface area contributed by atoms with Crippen LogP contribution in [-0.2, 0) is 13.5 Å². The minimum absolute atomic E-state index is 0.383. The summed E-state index contributed by atoms with van der Waals surface area (Å²) in [5, 5.41) is 4.55. The van der Waals surface area contributed by atoms with Gasteiger partial charge in [0.25, 0.3) is 0 Å². The van der Waals surface area contributed by atoms with E-state index in [1.165, 1.54) is 88.6 Å². The third kappa shape index (κ3) is 5.50. The number of rotatable bonds is 8. The molecule has 1 unspecified atom stereocenters. The van der Waals surface area contributed by atoms with Gasteiger partial charge in [0, 0.05) is 36.5 Å². The van der Waals surface area contributed by atoms with Gasteiger partial charge in [0.1, 0.15) is 5.82 Å². The molecule has 5 heteroatoms. The first-order chi connectivity index (χ1) is 16.1. The van der Waals surface area contributed by atoms with E-state index in [2.05, 4.69) is 37.0 Å². The Morgan fingerprint density at radius 1 is 0.970 bits per heavy atom. The molecular weight excluding hydrogens is 406 g/mol. The molecule has 0 amide bonds. The SMILES string of the molecule is CC(c1nccc(-c2cnn(C)c2CC2CC2)n1)[C@H](C)CC1CCC(N2CCCCC2)CC1. The Morgan fingerprint density at radius 3 is 2.42 bits per heavy atom. The van der Waals surface area contributed by atoms with Gasteiger partial charge in [-0.25, -0.2) is 9.97 Å². The van der Waals surface area contributed by atoms with Gasteiger partial charge in [-0.05, 0) is 101 Å². The Labute approximate surface area is 200 Å². The molecule has 0 spiro atoms. The summed E-state index contributed by atoms with van der Waals surface area (Å²) in [6, 6.07) is 2.93. The molecule has 0 aromatic carbocycles. The van der Waals surface area contributed by atoms with Gasteiger partial charge < -0.3 is 4.90 Å². The number of piperidine rings is 1. The third-order valence-electron chi connectivity index (χ3n) is 8.88. The predicted molar refractivity (Wildman–Crippen MR) is 134 cm³/mol. The Hall–Kier alpha value is -1.75. The second-order valence-electron chi connectivity index (χ2n) is 11.3. The van der Waals surface area contributed by atoms with Gasteiger partial charge in [-0.1, -0.05) is 20.3 Å². The van der Waals surface area contributed by atoms with Crippen LogP contribution in [0.3, 0.4) is 0 Å². The Kier molecular flexibility index (Phi) is 7.15. The molecule has 1 aliphatic heterocycles. The van der Waals surface area contributed by atoms with Crippen molar-refractivity contribution in [2.45, 2.75) is 96.4 Å². The molecule has 2 saturated carbocycles. The molecule has 3 fully saturated rings. The van der Waals surface area contributed by atoms with Gasteiger partial charge in [0.05, 0.1) is 11.9 Å². The molecule has 33 heavy (non-hydrogen) atoms. The van der Waals surface area contributed by atoms with E-state index in [0.717, 1.165) is 35.8 Å². The lowest BCUT2D eigenvalue weighted by Crippen LogP contribution is -2.41. The Bertz CT molecular complexity index is 903. The highest BCUT2D eigenvalue weighted by Gasteiger charge is 2.29. The summed E-state index contributed by atoms with van der Waals surface area (Å²) in [7, 11) is 2.06. The van der Waals surface area contributed by atoms with Gasteiger partial charge in [-0.15, -0.1) is 0 Å². The molecule has 5 nitrogen and oxygen atoms in total. The van der Waals surface area contributed by atoms with Crippen molar-refractivity contribution in [1.82, 2.24) is 24.6 Å². The van der Waals surface area contributed by atoms with E-state index in [1.807, 2.05) is 17.1 Å². The molecule has 180 valence electrons. The van der Waals surface area contributed by atoms with Crippen molar-refractivity contribution in [3.8, 4) is 11.3 Å². The minimum atomic E-state index is 0.383. The first-order valence-corrected chi connectivity index (χ1v) is 13.7. The van der Waals surface area contributed by atoms with E-state index >= 15 is 0 Å². The van der Waals surface area contributed by atoms with Crippen LogP contribution in [0.5, 0.6) is 0 Å². The fourth-order valence-corrected chi connectivity index (χ4v) is 6.27. The Balaban J connectivity index is 1.19. The average Bonchev–Trinajstić information content (AvgIpc) is 3.61. The average molecular weight is 450 g/mol. The van der Waals surface area contributed by atoms with Gasteiger partial charge >= 0.3 is 0 Å². The topological polar surface area (TPSA) is 46.8 Å². The monoisotopic (exact) mass is 449 g/mol. The number of aryl methyl sites for hydroxylation is 1. The summed E-state index contributed by atoms with van der Waals surface area (Å²) in [6.07, 6.45) is 19.0. The lowest BCUT2D eigenvalue weighted by atomic mass is 9.77. The molecule has 2 aromatic heterocycles. The van der Waals surface area contributed by atoms with E-state index in [0.29, 0.717) is 11.8 Å². The van der Waals surface area contributed by atoms with Crippen molar-refractivity contribution in [2.75, 3.05) is 13.1 Å². The number of hydrogen-bond donors (Lipinski definition) is 0. The number of nitrogens with zero attached hydrogens (tertiary/aromatic N) is 5. The van der Waals surface area contributed by atoms with Crippen LogP contribution in [0.1, 0.15) is 95.5 Å². The van der Waals surface area contributed by atoms with Crippen molar-refractivity contribution in [3.63, 3.8) is 0 Å². The molecule has 2 aromatic rings. The smallest absolute Gasteiger partial charge is 0.132 e. The lowest BCUT2D eigenvalue weighted by molar-refractivity contribution is 0.108. The van der Waals surface area contributed by atoms with Gasteiger partial charge in [0.15, 0.2) is 0 Å². The maximum absolute atomic E-state index is 5.06. The highest BCUT2D eigenvalue weighted by Crippen LogP contribution is 2.37. The van der Waals surface area contributed by atoms with E-state index < -0.39 is 0 Å². The maximum Gasteiger partial charge on any atom is 0.132 e. The second-order valence-corrected chi connectivity index (χ2v) is 11.3. The summed E-state index contributed by atoms with van der Waals surface area (Å²) in [4.78, 5) is 12.6. The molecule has 2 atom stereocenters. The van der Waals surface area contributed by atoms with Crippen LogP contribution in [-0.4, -0.2) is 43.8 Å². The fraction of sp³-hybridized carbons (Fsp3) is 0.750. The van der Waals surface area contributed by atoms with Crippen LogP contribution in [0.4, 0.5) is 0 Å². The van der Waals surface area contributed by atoms with Crippen LogP contribution in [0.25, 0.3) is 11.3 Å². The normalized spacial score (nSPS) is 26.3. The second kappa shape index (κ2) is 10.2.